The van der Waals surface area contributed by atoms with Crippen molar-refractivity contribution in [1.82, 2.24) is 4.90 Å². The zero-order valence-electron chi connectivity index (χ0n) is 14.4. The highest BCUT2D eigenvalue weighted by molar-refractivity contribution is 5.76. The van der Waals surface area contributed by atoms with Gasteiger partial charge in [-0.1, -0.05) is 56.5 Å². The van der Waals surface area contributed by atoms with Crippen LogP contribution >= 0.6 is 0 Å². The molecule has 1 fully saturated rings. The fourth-order valence-corrected chi connectivity index (χ4v) is 3.70. The van der Waals surface area contributed by atoms with Crippen molar-refractivity contribution in [1.29, 1.82) is 0 Å². The molecular weight excluding hydrogens is 306 g/mol. The molecule has 0 radical (unpaired) electrons. The van der Waals surface area contributed by atoms with Gasteiger partial charge in [-0.2, -0.15) is 0 Å². The maximum atomic E-state index is 11.6. The van der Waals surface area contributed by atoms with Gasteiger partial charge in [-0.15, -0.1) is 0 Å². The second-order valence-electron chi connectivity index (χ2n) is 6.67. The first-order valence-corrected chi connectivity index (χ1v) is 8.72. The molecule has 4 unspecified atom stereocenters. The number of aliphatic carboxylic acids is 2. The van der Waals surface area contributed by atoms with Crippen LogP contribution in [0.5, 0.6) is 0 Å². The standard InChI is InChI=1S/C19H27NO4/c1-3-4-6-11-15-17(19(23)24)18(15)20(12-16(21)22)13(2)14-9-7-5-8-10-14/h5,7-10,13,15,17-18H,3-4,6,11-12H2,1-2H3,(H,21,22)(H,23,24). The van der Waals surface area contributed by atoms with Crippen LogP contribution < -0.4 is 0 Å². The third-order valence-corrected chi connectivity index (χ3v) is 5.03. The molecule has 0 aliphatic heterocycles. The number of hydrogen-bond acceptors (Lipinski definition) is 3. The van der Waals surface area contributed by atoms with Crippen molar-refractivity contribution in [2.75, 3.05) is 6.54 Å². The number of nitrogens with zero attached hydrogens (tertiary/aromatic N) is 1. The average molecular weight is 333 g/mol. The summed E-state index contributed by atoms with van der Waals surface area (Å²) < 4.78 is 0. The van der Waals surface area contributed by atoms with E-state index in [9.17, 15) is 19.8 Å². The van der Waals surface area contributed by atoms with Gasteiger partial charge in [0.25, 0.3) is 0 Å². The van der Waals surface area contributed by atoms with E-state index in [0.29, 0.717) is 0 Å². The van der Waals surface area contributed by atoms with E-state index in [1.807, 2.05) is 42.2 Å². The van der Waals surface area contributed by atoms with Gasteiger partial charge < -0.3 is 10.2 Å². The average Bonchev–Trinajstić information content (AvgIpc) is 3.27. The zero-order chi connectivity index (χ0) is 17.7. The van der Waals surface area contributed by atoms with Crippen LogP contribution in [-0.4, -0.2) is 39.6 Å². The van der Waals surface area contributed by atoms with E-state index in [2.05, 4.69) is 6.92 Å². The van der Waals surface area contributed by atoms with Crippen molar-refractivity contribution in [3.63, 3.8) is 0 Å². The number of carboxylic acids is 2. The molecule has 132 valence electrons. The monoisotopic (exact) mass is 333 g/mol. The SMILES string of the molecule is CCCCCC1C(C(=O)O)C1N(CC(=O)O)C(C)c1ccccc1. The molecule has 0 spiro atoms. The molecule has 24 heavy (non-hydrogen) atoms. The van der Waals surface area contributed by atoms with Gasteiger partial charge in [-0.25, -0.2) is 0 Å². The number of unbranched alkanes of at least 4 members (excludes halogenated alkanes) is 2. The number of carbonyl (C=O) groups is 2. The molecule has 2 N–H and O–H groups in total. The first kappa shape index (κ1) is 18.5. The van der Waals surface area contributed by atoms with Crippen molar-refractivity contribution in [2.24, 2.45) is 11.8 Å². The number of rotatable bonds is 10. The molecule has 4 atom stereocenters. The molecule has 1 saturated carbocycles. The Labute approximate surface area is 143 Å². The van der Waals surface area contributed by atoms with Gasteiger partial charge in [0.05, 0.1) is 12.5 Å². The Bertz CT molecular complexity index is 560. The van der Waals surface area contributed by atoms with E-state index in [4.69, 9.17) is 0 Å². The van der Waals surface area contributed by atoms with Crippen molar-refractivity contribution in [3.8, 4) is 0 Å². The minimum atomic E-state index is -0.916. The Kier molecular flexibility index (Phi) is 6.37. The summed E-state index contributed by atoms with van der Waals surface area (Å²) in [6, 6.07) is 9.38. The molecular formula is C19H27NO4. The molecule has 1 aromatic carbocycles. The highest BCUT2D eigenvalue weighted by Gasteiger charge is 2.58. The van der Waals surface area contributed by atoms with Crippen LogP contribution in [0.1, 0.15) is 51.1 Å². The predicted octanol–water partition coefficient (Wildman–Crippen LogP) is 3.41. The highest BCUT2D eigenvalue weighted by atomic mass is 16.4. The smallest absolute Gasteiger partial charge is 0.317 e. The minimum Gasteiger partial charge on any atom is -0.481 e. The summed E-state index contributed by atoms with van der Waals surface area (Å²) in [4.78, 5) is 24.8. The Balaban J connectivity index is 2.17. The topological polar surface area (TPSA) is 77.8 Å². The number of carboxylic acid groups (broad SMARTS) is 2. The second kappa shape index (κ2) is 8.29. The van der Waals surface area contributed by atoms with Gasteiger partial charge in [0.15, 0.2) is 0 Å². The molecule has 0 heterocycles. The molecule has 1 aliphatic rings. The fraction of sp³-hybridized carbons (Fsp3) is 0.579. The Morgan fingerprint density at radius 1 is 1.17 bits per heavy atom. The second-order valence-corrected chi connectivity index (χ2v) is 6.67. The Morgan fingerprint density at radius 3 is 2.38 bits per heavy atom. The maximum Gasteiger partial charge on any atom is 0.317 e. The molecule has 1 aromatic rings. The fourth-order valence-electron chi connectivity index (χ4n) is 3.70. The molecule has 5 heteroatoms. The molecule has 0 amide bonds. The van der Waals surface area contributed by atoms with Crippen molar-refractivity contribution >= 4 is 11.9 Å². The van der Waals surface area contributed by atoms with Gasteiger partial charge in [0.2, 0.25) is 0 Å². The highest BCUT2D eigenvalue weighted by Crippen LogP contribution is 2.49. The van der Waals surface area contributed by atoms with E-state index in [0.717, 1.165) is 31.2 Å². The Morgan fingerprint density at radius 2 is 1.83 bits per heavy atom. The number of benzene rings is 1. The van der Waals surface area contributed by atoms with Crippen molar-refractivity contribution in [3.05, 3.63) is 35.9 Å². The van der Waals surface area contributed by atoms with E-state index >= 15 is 0 Å². The number of hydrogen-bond donors (Lipinski definition) is 2. The van der Waals surface area contributed by atoms with Crippen LogP contribution in [0, 0.1) is 11.8 Å². The lowest BCUT2D eigenvalue weighted by atomic mass is 10.1. The van der Waals surface area contributed by atoms with Gasteiger partial charge in [-0.3, -0.25) is 14.5 Å². The Hall–Kier alpha value is -1.88. The summed E-state index contributed by atoms with van der Waals surface area (Å²) in [5, 5.41) is 18.8. The minimum absolute atomic E-state index is 0.0552. The quantitative estimate of drug-likeness (QED) is 0.642. The van der Waals surface area contributed by atoms with E-state index in [-0.39, 0.29) is 24.5 Å². The molecule has 1 aliphatic carbocycles. The molecule has 0 saturated heterocycles. The maximum absolute atomic E-state index is 11.6. The van der Waals surface area contributed by atoms with Gasteiger partial charge >= 0.3 is 11.9 Å². The lowest BCUT2D eigenvalue weighted by molar-refractivity contribution is -0.142. The normalized spacial score (nSPS) is 23.9. The third-order valence-electron chi connectivity index (χ3n) is 5.03. The van der Waals surface area contributed by atoms with Crippen LogP contribution in [-0.2, 0) is 9.59 Å². The summed E-state index contributed by atoms with van der Waals surface area (Å²) in [6.07, 6.45) is 4.03. The van der Waals surface area contributed by atoms with Gasteiger partial charge in [0.1, 0.15) is 0 Å². The first-order chi connectivity index (χ1) is 11.5. The van der Waals surface area contributed by atoms with Crippen LogP contribution in [0.4, 0.5) is 0 Å². The van der Waals surface area contributed by atoms with Crippen molar-refractivity contribution in [2.45, 2.75) is 51.6 Å². The van der Waals surface area contributed by atoms with Crippen LogP contribution in [0.25, 0.3) is 0 Å². The summed E-state index contributed by atoms with van der Waals surface area (Å²) in [5.41, 5.74) is 1.02. The predicted molar refractivity (Wildman–Crippen MR) is 91.7 cm³/mol. The summed E-state index contributed by atoms with van der Waals surface area (Å²) in [7, 11) is 0. The van der Waals surface area contributed by atoms with E-state index in [1.165, 1.54) is 0 Å². The van der Waals surface area contributed by atoms with Gasteiger partial charge in [-0.05, 0) is 24.8 Å². The first-order valence-electron chi connectivity index (χ1n) is 8.72. The van der Waals surface area contributed by atoms with Gasteiger partial charge in [0, 0.05) is 12.1 Å². The third kappa shape index (κ3) is 4.35. The van der Waals surface area contributed by atoms with Crippen molar-refractivity contribution < 1.29 is 19.8 Å². The lowest BCUT2D eigenvalue weighted by Gasteiger charge is -2.28. The largest absolute Gasteiger partial charge is 0.481 e. The van der Waals surface area contributed by atoms with E-state index in [1.54, 1.807) is 0 Å². The molecule has 5 nitrogen and oxygen atoms in total. The molecule has 2 rings (SSSR count). The van der Waals surface area contributed by atoms with E-state index < -0.39 is 17.9 Å². The summed E-state index contributed by atoms with van der Waals surface area (Å²) in [6.45, 7) is 3.95. The lowest BCUT2D eigenvalue weighted by Crippen LogP contribution is -2.36. The van der Waals surface area contributed by atoms with Crippen LogP contribution in [0.15, 0.2) is 30.3 Å². The molecule has 0 aromatic heterocycles. The van der Waals surface area contributed by atoms with Crippen LogP contribution in [0.3, 0.4) is 0 Å². The zero-order valence-corrected chi connectivity index (χ0v) is 14.4. The molecule has 0 bridgehead atoms. The summed E-state index contributed by atoms with van der Waals surface area (Å²) in [5.74, 6) is -2.12. The van der Waals surface area contributed by atoms with Crippen LogP contribution in [0.2, 0.25) is 0 Å². The summed E-state index contributed by atoms with van der Waals surface area (Å²) >= 11 is 0.